The van der Waals surface area contributed by atoms with Crippen LogP contribution in [-0.4, -0.2) is 41.5 Å². The molecule has 5 nitrogen and oxygen atoms in total. The molecule has 1 aromatic rings. The normalized spacial score (nSPS) is 19.4. The first-order chi connectivity index (χ1) is 9.52. The van der Waals surface area contributed by atoms with Gasteiger partial charge in [0.15, 0.2) is 0 Å². The number of piperazine rings is 1. The van der Waals surface area contributed by atoms with Crippen molar-refractivity contribution in [2.45, 2.75) is 26.8 Å². The predicted octanol–water partition coefficient (Wildman–Crippen LogP) is 1.65. The smallest absolute Gasteiger partial charge is 0.245 e. The molecule has 1 atom stereocenters. The topological polar surface area (TPSA) is 60.2 Å². The fourth-order valence-corrected chi connectivity index (χ4v) is 2.53. The van der Waals surface area contributed by atoms with Crippen molar-refractivity contribution < 1.29 is 4.79 Å². The van der Waals surface area contributed by atoms with Crippen molar-refractivity contribution in [3.8, 4) is 6.07 Å². The number of anilines is 1. The van der Waals surface area contributed by atoms with E-state index in [-0.39, 0.29) is 11.9 Å². The van der Waals surface area contributed by atoms with Gasteiger partial charge in [0.1, 0.15) is 17.8 Å². The highest BCUT2D eigenvalue weighted by Crippen LogP contribution is 2.21. The Morgan fingerprint density at radius 3 is 2.75 bits per heavy atom. The molecular weight excluding hydrogens is 252 g/mol. The van der Waals surface area contributed by atoms with E-state index in [1.54, 1.807) is 12.3 Å². The summed E-state index contributed by atoms with van der Waals surface area (Å²) in [5.74, 6) is 0.642. The number of nitriles is 1. The number of hydrogen-bond acceptors (Lipinski definition) is 4. The van der Waals surface area contributed by atoms with Crippen molar-refractivity contribution in [2.24, 2.45) is 5.92 Å². The molecule has 2 rings (SSSR count). The first-order valence-electron chi connectivity index (χ1n) is 6.94. The number of nitrogens with zero attached hydrogens (tertiary/aromatic N) is 4. The van der Waals surface area contributed by atoms with Gasteiger partial charge < -0.3 is 9.80 Å². The SMILES string of the molecule is CC(C)CN1CCN(c2ccc(C#N)nc2)[C@@H](C)C1=O. The molecule has 0 bridgehead atoms. The molecule has 0 aromatic carbocycles. The lowest BCUT2D eigenvalue weighted by Crippen LogP contribution is -2.56. The molecule has 1 aliphatic heterocycles. The predicted molar refractivity (Wildman–Crippen MR) is 77.2 cm³/mol. The second-order valence-corrected chi connectivity index (χ2v) is 5.56. The van der Waals surface area contributed by atoms with Gasteiger partial charge in [-0.25, -0.2) is 4.98 Å². The molecule has 0 spiro atoms. The fraction of sp³-hybridized carbons (Fsp3) is 0.533. The molecule has 0 unspecified atom stereocenters. The van der Waals surface area contributed by atoms with Crippen molar-refractivity contribution in [3.63, 3.8) is 0 Å². The molecule has 1 saturated heterocycles. The summed E-state index contributed by atoms with van der Waals surface area (Å²) in [4.78, 5) is 20.4. The van der Waals surface area contributed by atoms with Gasteiger partial charge in [-0.3, -0.25) is 4.79 Å². The van der Waals surface area contributed by atoms with E-state index in [0.717, 1.165) is 25.3 Å². The van der Waals surface area contributed by atoms with E-state index >= 15 is 0 Å². The van der Waals surface area contributed by atoms with Gasteiger partial charge in [0.2, 0.25) is 5.91 Å². The molecule has 106 valence electrons. The lowest BCUT2D eigenvalue weighted by atomic mass is 10.1. The van der Waals surface area contributed by atoms with Crippen LogP contribution >= 0.6 is 0 Å². The Hall–Kier alpha value is -2.09. The number of carbonyl (C=O) groups is 1. The third kappa shape index (κ3) is 2.90. The highest BCUT2D eigenvalue weighted by atomic mass is 16.2. The molecule has 1 aliphatic rings. The van der Waals surface area contributed by atoms with E-state index in [1.807, 2.05) is 28.9 Å². The highest BCUT2D eigenvalue weighted by molar-refractivity contribution is 5.86. The molecule has 0 radical (unpaired) electrons. The van der Waals surface area contributed by atoms with Gasteiger partial charge in [-0.2, -0.15) is 5.26 Å². The maximum atomic E-state index is 12.4. The van der Waals surface area contributed by atoms with Crippen molar-refractivity contribution in [1.82, 2.24) is 9.88 Å². The van der Waals surface area contributed by atoms with Gasteiger partial charge in [-0.05, 0) is 25.0 Å². The molecule has 0 aliphatic carbocycles. The summed E-state index contributed by atoms with van der Waals surface area (Å²) < 4.78 is 0. The Morgan fingerprint density at radius 2 is 2.20 bits per heavy atom. The summed E-state index contributed by atoms with van der Waals surface area (Å²) in [6, 6.07) is 5.36. The van der Waals surface area contributed by atoms with Crippen LogP contribution in [0, 0.1) is 17.2 Å². The third-order valence-corrected chi connectivity index (χ3v) is 3.53. The second-order valence-electron chi connectivity index (χ2n) is 5.56. The second kappa shape index (κ2) is 5.91. The standard InChI is InChI=1S/C15H20N4O/c1-11(2)10-18-6-7-19(12(3)15(18)20)14-5-4-13(8-16)17-9-14/h4-5,9,11-12H,6-7,10H2,1-3H3/t12-/m0/s1. The van der Waals surface area contributed by atoms with Crippen LogP contribution in [0.2, 0.25) is 0 Å². The van der Waals surface area contributed by atoms with E-state index in [9.17, 15) is 4.79 Å². The van der Waals surface area contributed by atoms with Crippen LogP contribution in [-0.2, 0) is 4.79 Å². The van der Waals surface area contributed by atoms with Crippen molar-refractivity contribution in [1.29, 1.82) is 5.26 Å². The summed E-state index contributed by atoms with van der Waals surface area (Å²) in [6.45, 7) is 8.51. The van der Waals surface area contributed by atoms with Crippen molar-refractivity contribution in [3.05, 3.63) is 24.0 Å². The first kappa shape index (κ1) is 14.3. The molecule has 20 heavy (non-hydrogen) atoms. The largest absolute Gasteiger partial charge is 0.357 e. The zero-order valence-corrected chi connectivity index (χ0v) is 12.2. The Balaban J connectivity index is 2.11. The fourth-order valence-electron chi connectivity index (χ4n) is 2.53. The zero-order valence-electron chi connectivity index (χ0n) is 12.2. The third-order valence-electron chi connectivity index (χ3n) is 3.53. The Kier molecular flexibility index (Phi) is 4.23. The number of pyridine rings is 1. The van der Waals surface area contributed by atoms with E-state index in [4.69, 9.17) is 5.26 Å². The van der Waals surface area contributed by atoms with Crippen molar-refractivity contribution >= 4 is 11.6 Å². The Bertz CT molecular complexity index is 518. The van der Waals surface area contributed by atoms with Crippen LogP contribution in [0.5, 0.6) is 0 Å². The van der Waals surface area contributed by atoms with Crippen LogP contribution in [0.4, 0.5) is 5.69 Å². The number of carbonyl (C=O) groups excluding carboxylic acids is 1. The average molecular weight is 272 g/mol. The van der Waals surface area contributed by atoms with Gasteiger partial charge in [0.05, 0.1) is 11.9 Å². The van der Waals surface area contributed by atoms with Gasteiger partial charge in [-0.1, -0.05) is 13.8 Å². The van der Waals surface area contributed by atoms with Crippen LogP contribution in [0.15, 0.2) is 18.3 Å². The lowest BCUT2D eigenvalue weighted by Gasteiger charge is -2.40. The number of amides is 1. The lowest BCUT2D eigenvalue weighted by molar-refractivity contribution is -0.134. The quantitative estimate of drug-likeness (QED) is 0.839. The summed E-state index contributed by atoms with van der Waals surface area (Å²) in [5.41, 5.74) is 1.29. The molecule has 1 aromatic heterocycles. The summed E-state index contributed by atoms with van der Waals surface area (Å²) in [7, 11) is 0. The monoisotopic (exact) mass is 272 g/mol. The molecule has 2 heterocycles. The molecule has 5 heteroatoms. The highest BCUT2D eigenvalue weighted by Gasteiger charge is 2.31. The first-order valence-corrected chi connectivity index (χ1v) is 6.94. The van der Waals surface area contributed by atoms with Crippen LogP contribution in [0.3, 0.4) is 0 Å². The molecule has 0 N–H and O–H groups in total. The maximum absolute atomic E-state index is 12.4. The number of hydrogen-bond donors (Lipinski definition) is 0. The van der Waals surface area contributed by atoms with E-state index in [2.05, 4.69) is 18.8 Å². The van der Waals surface area contributed by atoms with Crippen molar-refractivity contribution in [2.75, 3.05) is 24.5 Å². The average Bonchev–Trinajstić information content (AvgIpc) is 2.44. The van der Waals surface area contributed by atoms with Gasteiger partial charge in [-0.15, -0.1) is 0 Å². The minimum atomic E-state index is -0.183. The van der Waals surface area contributed by atoms with Gasteiger partial charge in [0.25, 0.3) is 0 Å². The minimum absolute atomic E-state index is 0.161. The van der Waals surface area contributed by atoms with Crippen LogP contribution in [0.1, 0.15) is 26.5 Å². The number of rotatable bonds is 3. The van der Waals surface area contributed by atoms with Gasteiger partial charge >= 0.3 is 0 Å². The number of aromatic nitrogens is 1. The summed E-state index contributed by atoms with van der Waals surface area (Å²) in [6.07, 6.45) is 1.67. The Labute approximate surface area is 119 Å². The Morgan fingerprint density at radius 1 is 1.45 bits per heavy atom. The van der Waals surface area contributed by atoms with Crippen LogP contribution < -0.4 is 4.90 Å². The maximum Gasteiger partial charge on any atom is 0.245 e. The van der Waals surface area contributed by atoms with E-state index < -0.39 is 0 Å². The van der Waals surface area contributed by atoms with E-state index in [0.29, 0.717) is 11.6 Å². The van der Waals surface area contributed by atoms with Crippen LogP contribution in [0.25, 0.3) is 0 Å². The summed E-state index contributed by atoms with van der Waals surface area (Å²) in [5, 5.41) is 8.76. The molecular formula is C15H20N4O. The zero-order chi connectivity index (χ0) is 14.7. The van der Waals surface area contributed by atoms with Gasteiger partial charge in [0, 0.05) is 19.6 Å². The molecule has 0 saturated carbocycles. The van der Waals surface area contributed by atoms with E-state index in [1.165, 1.54) is 0 Å². The molecule has 1 amide bonds. The minimum Gasteiger partial charge on any atom is -0.357 e. The summed E-state index contributed by atoms with van der Waals surface area (Å²) >= 11 is 0. The molecule has 1 fully saturated rings.